The number of imidazole rings is 1. The SMILES string of the molecule is CCCCC(=O)Nc1cncc(-c2cc(F)c3n[nH]c(-c4nc5nccc(-c6ccc(F)cc6)c5[nH]4)c3c2)c1. The van der Waals surface area contributed by atoms with Crippen molar-refractivity contribution < 1.29 is 13.6 Å². The van der Waals surface area contributed by atoms with E-state index in [1.807, 2.05) is 13.0 Å². The lowest BCUT2D eigenvalue weighted by Crippen LogP contribution is -2.11. The van der Waals surface area contributed by atoms with E-state index in [4.69, 9.17) is 0 Å². The summed E-state index contributed by atoms with van der Waals surface area (Å²) in [6.07, 6.45) is 6.96. The van der Waals surface area contributed by atoms with Crippen LogP contribution in [0.15, 0.2) is 67.1 Å². The molecule has 0 bridgehead atoms. The Balaban J connectivity index is 1.40. The van der Waals surface area contributed by atoms with Crippen LogP contribution in [0.1, 0.15) is 26.2 Å². The number of carbonyl (C=O) groups excluding carboxylic acids is 1. The molecule has 1 amide bonds. The van der Waals surface area contributed by atoms with E-state index in [-0.39, 0.29) is 17.2 Å². The third-order valence-corrected chi connectivity index (χ3v) is 6.51. The monoisotopic (exact) mass is 523 g/mol. The predicted octanol–water partition coefficient (Wildman–Crippen LogP) is 6.64. The molecule has 0 saturated heterocycles. The van der Waals surface area contributed by atoms with Gasteiger partial charge in [-0.2, -0.15) is 5.10 Å². The highest BCUT2D eigenvalue weighted by atomic mass is 19.1. The maximum atomic E-state index is 15.2. The number of nitrogens with zero attached hydrogens (tertiary/aromatic N) is 4. The number of fused-ring (bicyclic) bond motifs is 2. The molecule has 4 heterocycles. The topological polar surface area (TPSA) is 112 Å². The van der Waals surface area contributed by atoms with E-state index in [0.717, 1.165) is 24.0 Å². The molecule has 0 aliphatic heterocycles. The lowest BCUT2D eigenvalue weighted by molar-refractivity contribution is -0.116. The number of hydrogen-bond donors (Lipinski definition) is 3. The van der Waals surface area contributed by atoms with Crippen molar-refractivity contribution in [2.45, 2.75) is 26.2 Å². The van der Waals surface area contributed by atoms with Crippen LogP contribution in [-0.4, -0.2) is 36.0 Å². The number of anilines is 1. The van der Waals surface area contributed by atoms with Crippen molar-refractivity contribution in [1.82, 2.24) is 30.1 Å². The summed E-state index contributed by atoms with van der Waals surface area (Å²) in [5.74, 6) is -0.492. The van der Waals surface area contributed by atoms with E-state index in [0.29, 0.717) is 51.3 Å². The van der Waals surface area contributed by atoms with Gasteiger partial charge in [-0.1, -0.05) is 25.5 Å². The van der Waals surface area contributed by atoms with Gasteiger partial charge < -0.3 is 10.3 Å². The third-order valence-electron chi connectivity index (χ3n) is 6.51. The second kappa shape index (κ2) is 10.1. The Labute approximate surface area is 221 Å². The van der Waals surface area contributed by atoms with Crippen molar-refractivity contribution in [3.05, 3.63) is 78.8 Å². The Morgan fingerprint density at radius 2 is 1.85 bits per heavy atom. The third kappa shape index (κ3) is 4.72. The van der Waals surface area contributed by atoms with E-state index < -0.39 is 5.82 Å². The Morgan fingerprint density at radius 3 is 2.67 bits per heavy atom. The van der Waals surface area contributed by atoms with Crippen LogP contribution in [-0.2, 0) is 4.79 Å². The predicted molar refractivity (Wildman–Crippen MR) is 146 cm³/mol. The fourth-order valence-electron chi connectivity index (χ4n) is 4.55. The smallest absolute Gasteiger partial charge is 0.224 e. The summed E-state index contributed by atoms with van der Waals surface area (Å²) in [7, 11) is 0. The standard InChI is InChI=1S/C29H23F2N7O/c1-2-3-4-24(39)34-20-11-18(14-32-15-20)17-12-22-25(23(31)13-17)37-38-27(22)29-35-26-21(9-10-33-28(26)36-29)16-5-7-19(30)8-6-16/h5-15H,2-4H2,1H3,(H,34,39)(H,37,38)(H,33,35,36). The maximum Gasteiger partial charge on any atom is 0.224 e. The zero-order chi connectivity index (χ0) is 26.9. The number of hydrogen-bond acceptors (Lipinski definition) is 5. The zero-order valence-corrected chi connectivity index (χ0v) is 20.9. The number of H-pyrrole nitrogens is 2. The number of amides is 1. The van der Waals surface area contributed by atoms with Gasteiger partial charge in [-0.3, -0.25) is 14.9 Å². The second-order valence-electron chi connectivity index (χ2n) is 9.22. The molecule has 0 aliphatic rings. The highest BCUT2D eigenvalue weighted by molar-refractivity contribution is 5.98. The van der Waals surface area contributed by atoms with E-state index in [9.17, 15) is 9.18 Å². The molecule has 0 saturated carbocycles. The number of aromatic nitrogens is 6. The lowest BCUT2D eigenvalue weighted by atomic mass is 10.0. The minimum absolute atomic E-state index is 0.0898. The second-order valence-corrected chi connectivity index (χ2v) is 9.22. The molecule has 8 nitrogen and oxygen atoms in total. The summed E-state index contributed by atoms with van der Waals surface area (Å²) in [6.45, 7) is 2.02. The molecule has 2 aromatic carbocycles. The molecule has 3 N–H and O–H groups in total. The van der Waals surface area contributed by atoms with Gasteiger partial charge in [0.15, 0.2) is 17.3 Å². The van der Waals surface area contributed by atoms with Crippen LogP contribution in [0.2, 0.25) is 0 Å². The molecule has 4 aromatic heterocycles. The van der Waals surface area contributed by atoms with E-state index in [1.54, 1.807) is 42.9 Å². The van der Waals surface area contributed by atoms with Gasteiger partial charge in [0.2, 0.25) is 5.91 Å². The van der Waals surface area contributed by atoms with Crippen molar-refractivity contribution >= 4 is 33.7 Å². The number of nitrogens with one attached hydrogen (secondary N) is 3. The van der Waals surface area contributed by atoms with Gasteiger partial charge in [0.25, 0.3) is 0 Å². The van der Waals surface area contributed by atoms with Gasteiger partial charge in [-0.25, -0.2) is 18.7 Å². The van der Waals surface area contributed by atoms with Crippen LogP contribution in [0.25, 0.3) is 55.8 Å². The first-order valence-corrected chi connectivity index (χ1v) is 12.5. The molecular formula is C29H23F2N7O. The average Bonchev–Trinajstić information content (AvgIpc) is 3.57. The van der Waals surface area contributed by atoms with Gasteiger partial charge >= 0.3 is 0 Å². The van der Waals surface area contributed by atoms with Crippen molar-refractivity contribution in [3.8, 4) is 33.8 Å². The Morgan fingerprint density at radius 1 is 1.00 bits per heavy atom. The minimum Gasteiger partial charge on any atom is -0.335 e. The fraction of sp³-hybridized carbons (Fsp3) is 0.138. The van der Waals surface area contributed by atoms with Crippen LogP contribution >= 0.6 is 0 Å². The largest absolute Gasteiger partial charge is 0.335 e. The van der Waals surface area contributed by atoms with Crippen molar-refractivity contribution in [2.75, 3.05) is 5.32 Å². The average molecular weight is 524 g/mol. The Hall–Kier alpha value is -4.99. The van der Waals surface area contributed by atoms with E-state index in [2.05, 4.69) is 35.5 Å². The van der Waals surface area contributed by atoms with Crippen LogP contribution in [0, 0.1) is 11.6 Å². The number of pyridine rings is 2. The van der Waals surface area contributed by atoms with Crippen molar-refractivity contribution in [2.24, 2.45) is 0 Å². The molecule has 6 aromatic rings. The number of rotatable bonds is 7. The molecule has 10 heteroatoms. The van der Waals surface area contributed by atoms with E-state index in [1.165, 1.54) is 18.2 Å². The lowest BCUT2D eigenvalue weighted by Gasteiger charge is -2.08. The summed E-state index contributed by atoms with van der Waals surface area (Å²) in [5.41, 5.74) is 5.13. The van der Waals surface area contributed by atoms with E-state index >= 15 is 4.39 Å². The van der Waals surface area contributed by atoms with Crippen LogP contribution in [0.3, 0.4) is 0 Å². The molecule has 0 spiro atoms. The summed E-state index contributed by atoms with van der Waals surface area (Å²) in [6, 6.07) is 12.9. The molecule has 0 atom stereocenters. The normalized spacial score (nSPS) is 11.4. The minimum atomic E-state index is -0.511. The van der Waals surface area contributed by atoms with Crippen molar-refractivity contribution in [1.29, 1.82) is 0 Å². The molecule has 0 fully saturated rings. The van der Waals surface area contributed by atoms with Gasteiger partial charge in [-0.15, -0.1) is 0 Å². The summed E-state index contributed by atoms with van der Waals surface area (Å²) >= 11 is 0. The fourth-order valence-corrected chi connectivity index (χ4v) is 4.55. The number of unbranched alkanes of at least 4 members (excludes halogenated alkanes) is 1. The van der Waals surface area contributed by atoms with Gasteiger partial charge in [0.05, 0.1) is 17.4 Å². The van der Waals surface area contributed by atoms with Crippen LogP contribution in [0.4, 0.5) is 14.5 Å². The molecule has 39 heavy (non-hydrogen) atoms. The molecular weight excluding hydrogens is 500 g/mol. The maximum absolute atomic E-state index is 15.2. The quantitative estimate of drug-likeness (QED) is 0.217. The van der Waals surface area contributed by atoms with Gasteiger partial charge in [-0.05, 0) is 53.9 Å². The Bertz CT molecular complexity index is 1830. The molecule has 0 radical (unpaired) electrons. The molecule has 0 unspecified atom stereocenters. The molecule has 194 valence electrons. The summed E-state index contributed by atoms with van der Waals surface area (Å²) in [5, 5.41) is 10.5. The molecule has 0 aliphatic carbocycles. The summed E-state index contributed by atoms with van der Waals surface area (Å²) in [4.78, 5) is 28.7. The van der Waals surface area contributed by atoms with Crippen molar-refractivity contribution in [3.63, 3.8) is 0 Å². The first-order chi connectivity index (χ1) is 19.0. The zero-order valence-electron chi connectivity index (χ0n) is 20.9. The summed E-state index contributed by atoms with van der Waals surface area (Å²) < 4.78 is 28.7. The number of halogens is 2. The van der Waals surface area contributed by atoms with Crippen LogP contribution in [0.5, 0.6) is 0 Å². The number of carbonyl (C=O) groups is 1. The number of benzene rings is 2. The molecule has 6 rings (SSSR count). The number of aromatic amines is 2. The first-order valence-electron chi connectivity index (χ1n) is 12.5. The Kier molecular flexibility index (Phi) is 6.28. The van der Waals surface area contributed by atoms with Crippen LogP contribution < -0.4 is 5.32 Å². The highest BCUT2D eigenvalue weighted by Crippen LogP contribution is 2.34. The first kappa shape index (κ1) is 24.4. The van der Waals surface area contributed by atoms with Gasteiger partial charge in [0.1, 0.15) is 17.0 Å². The highest BCUT2D eigenvalue weighted by Gasteiger charge is 2.18. The van der Waals surface area contributed by atoms with Gasteiger partial charge in [0, 0.05) is 35.3 Å².